The van der Waals surface area contributed by atoms with Crippen LogP contribution in [0.1, 0.15) is 43.2 Å². The van der Waals surface area contributed by atoms with Crippen molar-refractivity contribution in [2.45, 2.75) is 50.2 Å². The Kier molecular flexibility index (Phi) is 3.76. The van der Waals surface area contributed by atoms with Crippen molar-refractivity contribution < 1.29 is 4.74 Å². The van der Waals surface area contributed by atoms with E-state index in [1.54, 1.807) is 0 Å². The lowest BCUT2D eigenvalue weighted by molar-refractivity contribution is 0.0649. The molecule has 0 aliphatic carbocycles. The van der Waals surface area contributed by atoms with Gasteiger partial charge in [0.2, 0.25) is 0 Å². The fourth-order valence-electron chi connectivity index (χ4n) is 5.16. The van der Waals surface area contributed by atoms with Crippen molar-refractivity contribution in [2.24, 2.45) is 0 Å². The number of fused-ring (bicyclic) bond motifs is 2. The van der Waals surface area contributed by atoms with Crippen LogP contribution in [0.5, 0.6) is 5.75 Å². The van der Waals surface area contributed by atoms with E-state index in [0.717, 1.165) is 17.7 Å². The molecule has 3 nitrogen and oxygen atoms in total. The average Bonchev–Trinajstić information content (AvgIpc) is 3.21. The highest BCUT2D eigenvalue weighted by atomic mass is 16.5. The van der Waals surface area contributed by atoms with Gasteiger partial charge in [-0.2, -0.15) is 5.26 Å². The van der Waals surface area contributed by atoms with Crippen LogP contribution in [0.3, 0.4) is 0 Å². The number of nitrogens with zero attached hydrogens (tertiary/aromatic N) is 2. The predicted octanol–water partition coefficient (Wildman–Crippen LogP) is 4.55. The highest BCUT2D eigenvalue weighted by molar-refractivity contribution is 5.67. The molecule has 3 heterocycles. The van der Waals surface area contributed by atoms with Gasteiger partial charge in [0.25, 0.3) is 0 Å². The van der Waals surface area contributed by atoms with Gasteiger partial charge in [-0.25, -0.2) is 0 Å². The molecule has 2 atom stereocenters. The van der Waals surface area contributed by atoms with Crippen LogP contribution in [0.4, 0.5) is 0 Å². The average molecular weight is 344 g/mol. The maximum Gasteiger partial charge on any atom is 0.123 e. The third-order valence-corrected chi connectivity index (χ3v) is 6.43. The molecule has 132 valence electrons. The summed E-state index contributed by atoms with van der Waals surface area (Å²) in [4.78, 5) is 2.68. The first-order valence-corrected chi connectivity index (χ1v) is 9.81. The molecule has 2 unspecified atom stereocenters. The van der Waals surface area contributed by atoms with Crippen molar-refractivity contribution in [1.82, 2.24) is 4.90 Å². The van der Waals surface area contributed by atoms with Crippen LogP contribution in [-0.2, 0) is 6.42 Å². The molecule has 0 radical (unpaired) electrons. The molecule has 0 bridgehead atoms. The first kappa shape index (κ1) is 15.9. The third kappa shape index (κ3) is 2.70. The van der Waals surface area contributed by atoms with E-state index in [9.17, 15) is 0 Å². The van der Waals surface area contributed by atoms with Crippen LogP contribution in [0, 0.1) is 11.3 Å². The van der Waals surface area contributed by atoms with Gasteiger partial charge >= 0.3 is 0 Å². The van der Waals surface area contributed by atoms with Gasteiger partial charge in [-0.15, -0.1) is 0 Å². The molecule has 0 N–H and O–H groups in total. The quantitative estimate of drug-likeness (QED) is 0.761. The molecular weight excluding hydrogens is 320 g/mol. The highest BCUT2D eigenvalue weighted by Crippen LogP contribution is 2.45. The first-order chi connectivity index (χ1) is 12.7. The van der Waals surface area contributed by atoms with Crippen LogP contribution in [0.25, 0.3) is 11.1 Å². The van der Waals surface area contributed by atoms with E-state index in [4.69, 9.17) is 10.00 Å². The standard InChI is InChI=1S/C23H24N2O/c24-16-17-4-6-18(7-5-17)19-8-9-22-20(13-19)14-23(26-22)10-2-12-25-11-1-3-21(25)15-23/h4-9,13,21H,1-3,10-12,14-15H2. The largest absolute Gasteiger partial charge is 0.487 e. The number of hydrogen-bond donors (Lipinski definition) is 0. The summed E-state index contributed by atoms with van der Waals surface area (Å²) in [5, 5.41) is 8.98. The van der Waals surface area contributed by atoms with E-state index in [0.29, 0.717) is 11.6 Å². The van der Waals surface area contributed by atoms with Gasteiger partial charge in [0.05, 0.1) is 11.6 Å². The molecule has 5 rings (SSSR count). The molecule has 3 aliphatic rings. The van der Waals surface area contributed by atoms with Gasteiger partial charge in [-0.1, -0.05) is 18.2 Å². The lowest BCUT2D eigenvalue weighted by atomic mass is 9.86. The van der Waals surface area contributed by atoms with Crippen molar-refractivity contribution in [2.75, 3.05) is 13.1 Å². The Bertz CT molecular complexity index is 867. The summed E-state index contributed by atoms with van der Waals surface area (Å²) < 4.78 is 6.58. The van der Waals surface area contributed by atoms with Crippen molar-refractivity contribution in [3.63, 3.8) is 0 Å². The van der Waals surface area contributed by atoms with E-state index < -0.39 is 0 Å². The Morgan fingerprint density at radius 1 is 1.04 bits per heavy atom. The van der Waals surface area contributed by atoms with Gasteiger partial charge in [0, 0.05) is 18.9 Å². The zero-order chi connectivity index (χ0) is 17.6. The van der Waals surface area contributed by atoms with Crippen LogP contribution >= 0.6 is 0 Å². The van der Waals surface area contributed by atoms with Gasteiger partial charge in [0.1, 0.15) is 11.4 Å². The molecule has 1 spiro atoms. The molecule has 0 amide bonds. The van der Waals surface area contributed by atoms with Crippen LogP contribution in [0.2, 0.25) is 0 Å². The molecule has 3 heteroatoms. The fraction of sp³-hybridized carbons (Fsp3) is 0.435. The van der Waals surface area contributed by atoms with E-state index >= 15 is 0 Å². The SMILES string of the molecule is N#Cc1ccc(-c2ccc3c(c2)CC2(CCCN4CCCC4C2)O3)cc1. The summed E-state index contributed by atoms with van der Waals surface area (Å²) in [6.07, 6.45) is 7.30. The second kappa shape index (κ2) is 6.14. The van der Waals surface area contributed by atoms with Crippen LogP contribution in [-0.4, -0.2) is 29.6 Å². The van der Waals surface area contributed by atoms with Crippen molar-refractivity contribution in [3.8, 4) is 22.9 Å². The van der Waals surface area contributed by atoms with Gasteiger partial charge in [-0.05, 0) is 79.7 Å². The molecule has 3 aliphatic heterocycles. The number of nitriles is 1. The molecule has 26 heavy (non-hydrogen) atoms. The summed E-state index contributed by atoms with van der Waals surface area (Å²) in [5.74, 6) is 1.08. The van der Waals surface area contributed by atoms with Crippen LogP contribution < -0.4 is 4.74 Å². The summed E-state index contributed by atoms with van der Waals surface area (Å²) >= 11 is 0. The van der Waals surface area contributed by atoms with E-state index in [2.05, 4.69) is 29.2 Å². The maximum absolute atomic E-state index is 8.98. The minimum atomic E-state index is 0.00930. The summed E-state index contributed by atoms with van der Waals surface area (Å²) in [6.45, 7) is 2.51. The Morgan fingerprint density at radius 3 is 2.69 bits per heavy atom. The Balaban J connectivity index is 1.41. The minimum Gasteiger partial charge on any atom is -0.487 e. The monoisotopic (exact) mass is 344 g/mol. The number of hydrogen-bond acceptors (Lipinski definition) is 3. The van der Waals surface area contributed by atoms with E-state index in [-0.39, 0.29) is 5.60 Å². The van der Waals surface area contributed by atoms with Gasteiger partial charge < -0.3 is 9.64 Å². The van der Waals surface area contributed by atoms with Crippen molar-refractivity contribution in [3.05, 3.63) is 53.6 Å². The lowest BCUT2D eigenvalue weighted by Gasteiger charge is -2.30. The zero-order valence-corrected chi connectivity index (χ0v) is 15.1. The maximum atomic E-state index is 8.98. The van der Waals surface area contributed by atoms with Crippen molar-refractivity contribution in [1.29, 1.82) is 5.26 Å². The summed E-state index contributed by atoms with van der Waals surface area (Å²) in [6, 6.07) is 17.3. The molecule has 2 aromatic rings. The zero-order valence-electron chi connectivity index (χ0n) is 15.1. The number of rotatable bonds is 1. The normalized spacial score (nSPS) is 27.4. The van der Waals surface area contributed by atoms with Crippen molar-refractivity contribution >= 4 is 0 Å². The second-order valence-electron chi connectivity index (χ2n) is 8.11. The Morgan fingerprint density at radius 2 is 1.85 bits per heavy atom. The number of ether oxygens (including phenoxy) is 1. The molecule has 0 saturated carbocycles. The Labute approximate surface area is 155 Å². The second-order valence-corrected chi connectivity index (χ2v) is 8.11. The van der Waals surface area contributed by atoms with Gasteiger partial charge in [0.15, 0.2) is 0 Å². The van der Waals surface area contributed by atoms with Crippen LogP contribution in [0.15, 0.2) is 42.5 Å². The summed E-state index contributed by atoms with van der Waals surface area (Å²) in [7, 11) is 0. The molecule has 0 aromatic heterocycles. The topological polar surface area (TPSA) is 36.3 Å². The first-order valence-electron chi connectivity index (χ1n) is 9.81. The molecule has 2 fully saturated rings. The fourth-order valence-corrected chi connectivity index (χ4v) is 5.16. The smallest absolute Gasteiger partial charge is 0.123 e. The minimum absolute atomic E-state index is 0.00930. The lowest BCUT2D eigenvalue weighted by Crippen LogP contribution is -2.39. The summed E-state index contributed by atoms with van der Waals surface area (Å²) in [5.41, 5.74) is 4.44. The molecular formula is C23H24N2O. The number of benzene rings is 2. The molecule has 2 aromatic carbocycles. The van der Waals surface area contributed by atoms with E-state index in [1.807, 2.05) is 24.3 Å². The Hall–Kier alpha value is -2.31. The predicted molar refractivity (Wildman–Crippen MR) is 102 cm³/mol. The van der Waals surface area contributed by atoms with E-state index in [1.165, 1.54) is 56.3 Å². The highest BCUT2D eigenvalue weighted by Gasteiger charge is 2.44. The molecule has 2 saturated heterocycles. The third-order valence-electron chi connectivity index (χ3n) is 6.43. The van der Waals surface area contributed by atoms with Gasteiger partial charge in [-0.3, -0.25) is 0 Å².